The fourth-order valence-corrected chi connectivity index (χ4v) is 3.07. The fraction of sp³-hybridized carbons (Fsp3) is 0.0800. The van der Waals surface area contributed by atoms with Crippen LogP contribution in [-0.2, 0) is 6.61 Å². The Balaban J connectivity index is 0.00000225. The van der Waals surface area contributed by atoms with Crippen molar-refractivity contribution >= 4 is 35.3 Å². The van der Waals surface area contributed by atoms with Crippen LogP contribution in [0.25, 0.3) is 22.9 Å². The zero-order valence-corrected chi connectivity index (χ0v) is 16.5. The average molecular weight is 388 g/mol. The number of benzene rings is 3. The number of fused-ring (bicyclic) bond motifs is 1. The monoisotopic (exact) mass is 387 g/mol. The smallest absolute Gasteiger partial charge is 0.126 e. The number of nitrogens with zero attached hydrogens (tertiary/aromatic N) is 1. The first-order chi connectivity index (χ1) is 13.3. The molecule has 3 heteroatoms. The highest BCUT2D eigenvalue weighted by Crippen LogP contribution is 2.23. The Morgan fingerprint density at radius 1 is 0.857 bits per heavy atom. The predicted molar refractivity (Wildman–Crippen MR) is 120 cm³/mol. The molecule has 0 aliphatic heterocycles. The van der Waals surface area contributed by atoms with Gasteiger partial charge in [-0.3, -0.25) is 4.98 Å². The number of pyridine rings is 1. The van der Waals surface area contributed by atoms with Crippen molar-refractivity contribution < 1.29 is 4.74 Å². The second-order valence-corrected chi connectivity index (χ2v) is 6.55. The number of ether oxygens (including phenoxy) is 1. The summed E-state index contributed by atoms with van der Waals surface area (Å²) in [5.41, 5.74) is 4.26. The Morgan fingerprint density at radius 3 is 2.46 bits per heavy atom. The van der Waals surface area contributed by atoms with Gasteiger partial charge in [0, 0.05) is 17.8 Å². The van der Waals surface area contributed by atoms with Gasteiger partial charge in [0.15, 0.2) is 0 Å². The summed E-state index contributed by atoms with van der Waals surface area (Å²) in [6.07, 6.45) is 6.01. The quantitative estimate of drug-likeness (QED) is 0.379. The highest BCUT2D eigenvalue weighted by molar-refractivity contribution is 5.92. The fourth-order valence-electron chi connectivity index (χ4n) is 3.07. The third-order valence-corrected chi connectivity index (χ3v) is 4.57. The lowest BCUT2D eigenvalue weighted by atomic mass is 10.0. The third kappa shape index (κ3) is 4.59. The van der Waals surface area contributed by atoms with Crippen LogP contribution in [0.5, 0.6) is 5.75 Å². The molecule has 1 aromatic heterocycles. The number of rotatable bonds is 5. The summed E-state index contributed by atoms with van der Waals surface area (Å²) in [6, 6.07) is 26.9. The molecule has 0 saturated heterocycles. The largest absolute Gasteiger partial charge is 0.488 e. The molecule has 4 aromatic rings. The molecule has 4 rings (SSSR count). The van der Waals surface area contributed by atoms with Crippen LogP contribution in [0.2, 0.25) is 0 Å². The van der Waals surface area contributed by atoms with Crippen LogP contribution in [0.15, 0.2) is 85.1 Å². The minimum Gasteiger partial charge on any atom is -0.488 e. The highest BCUT2D eigenvalue weighted by Gasteiger charge is 2.03. The van der Waals surface area contributed by atoms with E-state index in [0.29, 0.717) is 6.61 Å². The summed E-state index contributed by atoms with van der Waals surface area (Å²) in [7, 11) is 0. The van der Waals surface area contributed by atoms with Gasteiger partial charge in [-0.05, 0) is 34.9 Å². The highest BCUT2D eigenvalue weighted by atomic mass is 35.5. The second kappa shape index (κ2) is 9.20. The van der Waals surface area contributed by atoms with Crippen molar-refractivity contribution in [2.75, 3.05) is 0 Å². The maximum absolute atomic E-state index is 6.01. The van der Waals surface area contributed by atoms with Gasteiger partial charge in [0.1, 0.15) is 12.4 Å². The van der Waals surface area contributed by atoms with Gasteiger partial charge in [0.2, 0.25) is 0 Å². The molecule has 0 amide bonds. The first-order valence-electron chi connectivity index (χ1n) is 9.09. The van der Waals surface area contributed by atoms with E-state index < -0.39 is 0 Å². The Bertz CT molecular complexity index is 1080. The Kier molecular flexibility index (Phi) is 6.46. The number of hydrogen-bond acceptors (Lipinski definition) is 2. The van der Waals surface area contributed by atoms with Gasteiger partial charge < -0.3 is 4.74 Å². The molecule has 2 nitrogen and oxygen atoms in total. The van der Waals surface area contributed by atoms with Crippen LogP contribution in [0.1, 0.15) is 22.4 Å². The molecule has 0 unspecified atom stereocenters. The van der Waals surface area contributed by atoms with E-state index in [-0.39, 0.29) is 12.4 Å². The molecule has 0 atom stereocenters. The average Bonchev–Trinajstić information content (AvgIpc) is 2.73. The van der Waals surface area contributed by atoms with Crippen LogP contribution in [0.4, 0.5) is 0 Å². The molecular weight excluding hydrogens is 366 g/mol. The molecule has 0 aliphatic carbocycles. The normalized spacial score (nSPS) is 10.8. The van der Waals surface area contributed by atoms with Gasteiger partial charge >= 0.3 is 0 Å². The van der Waals surface area contributed by atoms with Crippen molar-refractivity contribution in [2.45, 2.75) is 13.5 Å². The number of hydrogen-bond donors (Lipinski definition) is 0. The molecule has 0 N–H and O–H groups in total. The van der Waals surface area contributed by atoms with E-state index >= 15 is 0 Å². The van der Waals surface area contributed by atoms with Crippen molar-refractivity contribution in [3.8, 4) is 5.75 Å². The van der Waals surface area contributed by atoms with E-state index in [0.717, 1.165) is 22.6 Å². The van der Waals surface area contributed by atoms with Crippen molar-refractivity contribution in [1.82, 2.24) is 4.98 Å². The molecule has 0 radical (unpaired) electrons. The van der Waals surface area contributed by atoms with Crippen molar-refractivity contribution in [3.63, 3.8) is 0 Å². The SMILES string of the molecule is Cc1cnc(/C=C\c2cccc3ccccc23)cc1OCc1ccccc1.Cl. The minimum atomic E-state index is 0. The van der Waals surface area contributed by atoms with Crippen molar-refractivity contribution in [1.29, 1.82) is 0 Å². The maximum atomic E-state index is 6.01. The minimum absolute atomic E-state index is 0. The summed E-state index contributed by atoms with van der Waals surface area (Å²) < 4.78 is 6.01. The van der Waals surface area contributed by atoms with Gasteiger partial charge in [0.25, 0.3) is 0 Å². The Labute approximate surface area is 171 Å². The van der Waals surface area contributed by atoms with Crippen LogP contribution < -0.4 is 4.74 Å². The van der Waals surface area contributed by atoms with Crippen molar-refractivity contribution in [2.24, 2.45) is 0 Å². The van der Waals surface area contributed by atoms with Crippen LogP contribution in [0, 0.1) is 6.92 Å². The third-order valence-electron chi connectivity index (χ3n) is 4.57. The number of aryl methyl sites for hydroxylation is 1. The standard InChI is InChI=1S/C25H21NO.ClH/c1-19-17-26-23(16-25(19)27-18-20-8-3-2-4-9-20)15-14-22-12-7-11-21-10-5-6-13-24(21)22;/h2-17H,18H2,1H3;1H/b15-14-;. The van der Waals surface area contributed by atoms with E-state index in [1.807, 2.05) is 43.5 Å². The molecule has 0 saturated carbocycles. The molecule has 0 aliphatic rings. The van der Waals surface area contributed by atoms with Gasteiger partial charge in [-0.25, -0.2) is 0 Å². The van der Waals surface area contributed by atoms with E-state index in [1.54, 1.807) is 0 Å². The van der Waals surface area contributed by atoms with Gasteiger partial charge in [-0.15, -0.1) is 12.4 Å². The molecule has 1 heterocycles. The summed E-state index contributed by atoms with van der Waals surface area (Å²) in [5.74, 6) is 0.867. The molecule has 0 fully saturated rings. The maximum Gasteiger partial charge on any atom is 0.126 e. The molecule has 140 valence electrons. The van der Waals surface area contributed by atoms with Gasteiger partial charge in [0.05, 0.1) is 5.69 Å². The number of halogens is 1. The second-order valence-electron chi connectivity index (χ2n) is 6.55. The van der Waals surface area contributed by atoms with E-state index in [9.17, 15) is 0 Å². The van der Waals surface area contributed by atoms with E-state index in [1.165, 1.54) is 16.3 Å². The number of aromatic nitrogens is 1. The zero-order chi connectivity index (χ0) is 18.5. The lowest BCUT2D eigenvalue weighted by Gasteiger charge is -2.09. The van der Waals surface area contributed by atoms with E-state index in [2.05, 4.69) is 65.7 Å². The molecule has 0 bridgehead atoms. The summed E-state index contributed by atoms with van der Waals surface area (Å²) >= 11 is 0. The molecular formula is C25H22ClNO. The van der Waals surface area contributed by atoms with E-state index in [4.69, 9.17) is 4.74 Å². The predicted octanol–water partition coefficient (Wildman–Crippen LogP) is 6.71. The summed E-state index contributed by atoms with van der Waals surface area (Å²) in [4.78, 5) is 4.52. The Morgan fingerprint density at radius 2 is 1.61 bits per heavy atom. The molecule has 28 heavy (non-hydrogen) atoms. The molecule has 0 spiro atoms. The van der Waals surface area contributed by atoms with Crippen LogP contribution in [0.3, 0.4) is 0 Å². The van der Waals surface area contributed by atoms with Crippen LogP contribution >= 0.6 is 12.4 Å². The lowest BCUT2D eigenvalue weighted by molar-refractivity contribution is 0.303. The summed E-state index contributed by atoms with van der Waals surface area (Å²) in [5, 5.41) is 2.48. The lowest BCUT2D eigenvalue weighted by Crippen LogP contribution is -1.98. The van der Waals surface area contributed by atoms with Gasteiger partial charge in [-0.1, -0.05) is 78.9 Å². The first kappa shape index (κ1) is 19.7. The topological polar surface area (TPSA) is 22.1 Å². The molecule has 3 aromatic carbocycles. The Hall–Kier alpha value is -3.10. The van der Waals surface area contributed by atoms with Crippen LogP contribution in [-0.4, -0.2) is 4.98 Å². The zero-order valence-electron chi connectivity index (χ0n) is 15.7. The van der Waals surface area contributed by atoms with Gasteiger partial charge in [-0.2, -0.15) is 0 Å². The summed E-state index contributed by atoms with van der Waals surface area (Å²) in [6.45, 7) is 2.57. The first-order valence-corrected chi connectivity index (χ1v) is 9.09. The van der Waals surface area contributed by atoms with Crippen molar-refractivity contribution in [3.05, 3.63) is 107 Å².